The van der Waals surface area contributed by atoms with Gasteiger partial charge in [0.1, 0.15) is 13.2 Å². The van der Waals surface area contributed by atoms with E-state index in [1.54, 1.807) is 7.05 Å². The molecule has 0 aliphatic rings. The molecule has 0 spiro atoms. The average molecular weight is 231 g/mol. The van der Waals surface area contributed by atoms with E-state index >= 15 is 0 Å². The van der Waals surface area contributed by atoms with Crippen molar-refractivity contribution in [3.8, 4) is 0 Å². The fourth-order valence-corrected chi connectivity index (χ4v) is 1.05. The van der Waals surface area contributed by atoms with Crippen LogP contribution < -0.4 is 5.32 Å². The molecule has 0 atom stereocenters. The molecule has 0 amide bonds. The normalized spacial score (nSPS) is 10.1. The zero-order valence-electron chi connectivity index (χ0n) is 10.1. The van der Waals surface area contributed by atoms with E-state index in [1.165, 1.54) is 0 Å². The monoisotopic (exact) mass is 231 g/mol. The molecule has 0 aromatic heterocycles. The number of ether oxygens (including phenoxy) is 2. The topological polar surface area (TPSA) is 64.6 Å². The first-order chi connectivity index (χ1) is 7.70. The highest BCUT2D eigenvalue weighted by atomic mass is 16.6. The average Bonchev–Trinajstić information content (AvgIpc) is 2.26. The molecule has 0 aromatic carbocycles. The van der Waals surface area contributed by atoms with Crippen LogP contribution >= 0.6 is 0 Å². The number of carbonyl (C=O) groups excluding carboxylic acids is 2. The molecule has 94 valence electrons. The number of ketones is 1. The summed E-state index contributed by atoms with van der Waals surface area (Å²) in [5, 5.41) is 2.85. The Bertz CT molecular complexity index is 206. The molecule has 0 radical (unpaired) electrons. The molecular formula is C11H21NO4. The second-order valence-electron chi connectivity index (χ2n) is 3.42. The molecule has 16 heavy (non-hydrogen) atoms. The summed E-state index contributed by atoms with van der Waals surface area (Å²) in [6.07, 6.45) is 1.73. The molecule has 0 aliphatic carbocycles. The Kier molecular flexibility index (Phi) is 9.95. The maximum Gasteiger partial charge on any atom is 0.307 e. The summed E-state index contributed by atoms with van der Waals surface area (Å²) < 4.78 is 9.93. The lowest BCUT2D eigenvalue weighted by atomic mass is 10.2. The summed E-state index contributed by atoms with van der Waals surface area (Å²) in [6, 6.07) is 0. The lowest BCUT2D eigenvalue weighted by Crippen LogP contribution is -2.18. The van der Waals surface area contributed by atoms with Crippen molar-refractivity contribution in [2.24, 2.45) is 0 Å². The van der Waals surface area contributed by atoms with Crippen LogP contribution in [0.3, 0.4) is 0 Å². The van der Waals surface area contributed by atoms with Gasteiger partial charge in [0.15, 0.2) is 5.78 Å². The van der Waals surface area contributed by atoms with Gasteiger partial charge in [-0.2, -0.15) is 0 Å². The number of carbonyl (C=O) groups is 2. The van der Waals surface area contributed by atoms with Gasteiger partial charge in [-0.05, 0) is 13.5 Å². The molecule has 5 nitrogen and oxygen atoms in total. The second-order valence-corrected chi connectivity index (χ2v) is 3.42. The van der Waals surface area contributed by atoms with Gasteiger partial charge >= 0.3 is 5.97 Å². The quantitative estimate of drug-likeness (QED) is 0.439. The Morgan fingerprint density at radius 2 is 1.94 bits per heavy atom. The standard InChI is InChI=1S/C11H21NO4/c1-3-4-10(13)9-15-7-8-16-11(14)5-6-12-2/h12H,3-9H2,1-2H3. The fraction of sp³-hybridized carbons (Fsp3) is 0.818. The third-order valence-electron chi connectivity index (χ3n) is 1.86. The molecule has 0 fully saturated rings. The molecule has 0 saturated heterocycles. The molecule has 0 heterocycles. The van der Waals surface area contributed by atoms with Crippen molar-refractivity contribution in [1.82, 2.24) is 5.32 Å². The van der Waals surface area contributed by atoms with E-state index in [-0.39, 0.29) is 31.6 Å². The van der Waals surface area contributed by atoms with Crippen molar-refractivity contribution in [2.75, 3.05) is 33.4 Å². The molecule has 0 unspecified atom stereocenters. The lowest BCUT2D eigenvalue weighted by molar-refractivity contribution is -0.145. The molecule has 0 aliphatic heterocycles. The van der Waals surface area contributed by atoms with Crippen molar-refractivity contribution >= 4 is 11.8 Å². The zero-order chi connectivity index (χ0) is 12.2. The first-order valence-corrected chi connectivity index (χ1v) is 5.60. The summed E-state index contributed by atoms with van der Waals surface area (Å²) in [6.45, 7) is 3.15. The van der Waals surface area contributed by atoms with Crippen LogP contribution in [0.15, 0.2) is 0 Å². The molecule has 0 saturated carbocycles. The number of hydrogen-bond donors (Lipinski definition) is 1. The first kappa shape index (κ1) is 15.1. The zero-order valence-corrected chi connectivity index (χ0v) is 10.1. The Morgan fingerprint density at radius 1 is 1.19 bits per heavy atom. The van der Waals surface area contributed by atoms with Crippen molar-refractivity contribution in [1.29, 1.82) is 0 Å². The summed E-state index contributed by atoms with van der Waals surface area (Å²) >= 11 is 0. The molecular weight excluding hydrogens is 210 g/mol. The number of nitrogens with one attached hydrogen (secondary N) is 1. The van der Waals surface area contributed by atoms with E-state index in [0.717, 1.165) is 6.42 Å². The molecule has 0 bridgehead atoms. The van der Waals surface area contributed by atoms with Gasteiger partial charge in [-0.3, -0.25) is 9.59 Å². The smallest absolute Gasteiger partial charge is 0.307 e. The number of Topliss-reactive ketones (excluding diaryl/α,β-unsaturated/α-hetero) is 1. The van der Waals surface area contributed by atoms with Crippen molar-refractivity contribution in [2.45, 2.75) is 26.2 Å². The third kappa shape index (κ3) is 9.61. The summed E-state index contributed by atoms with van der Waals surface area (Å²) in [7, 11) is 1.77. The van der Waals surface area contributed by atoms with Crippen molar-refractivity contribution < 1.29 is 19.1 Å². The van der Waals surface area contributed by atoms with Crippen LogP contribution in [0.5, 0.6) is 0 Å². The highest BCUT2D eigenvalue weighted by Crippen LogP contribution is 1.91. The van der Waals surface area contributed by atoms with E-state index in [4.69, 9.17) is 9.47 Å². The number of esters is 1. The van der Waals surface area contributed by atoms with Gasteiger partial charge in [0, 0.05) is 13.0 Å². The predicted molar refractivity (Wildman–Crippen MR) is 60.2 cm³/mol. The van der Waals surface area contributed by atoms with Crippen molar-refractivity contribution in [3.63, 3.8) is 0 Å². The Balaban J connectivity index is 3.26. The van der Waals surface area contributed by atoms with Crippen LogP contribution in [-0.4, -0.2) is 45.2 Å². The van der Waals surface area contributed by atoms with Crippen LogP contribution in [0, 0.1) is 0 Å². The Labute approximate surface area is 96.5 Å². The van der Waals surface area contributed by atoms with Gasteiger partial charge in [-0.15, -0.1) is 0 Å². The Hall–Kier alpha value is -0.940. The first-order valence-electron chi connectivity index (χ1n) is 5.60. The van der Waals surface area contributed by atoms with Gasteiger partial charge in [0.25, 0.3) is 0 Å². The van der Waals surface area contributed by atoms with Gasteiger partial charge in [0.05, 0.1) is 13.0 Å². The SMILES string of the molecule is CCCC(=O)COCCOC(=O)CCNC. The number of rotatable bonds is 10. The van der Waals surface area contributed by atoms with E-state index in [9.17, 15) is 9.59 Å². The van der Waals surface area contributed by atoms with Gasteiger partial charge in [-0.25, -0.2) is 0 Å². The van der Waals surface area contributed by atoms with Crippen molar-refractivity contribution in [3.05, 3.63) is 0 Å². The maximum atomic E-state index is 11.0. The molecule has 0 aromatic rings. The minimum atomic E-state index is -0.252. The Morgan fingerprint density at radius 3 is 2.56 bits per heavy atom. The molecule has 1 N–H and O–H groups in total. The highest BCUT2D eigenvalue weighted by molar-refractivity contribution is 5.79. The van der Waals surface area contributed by atoms with Crippen LogP contribution in [-0.2, 0) is 19.1 Å². The second kappa shape index (κ2) is 10.6. The van der Waals surface area contributed by atoms with E-state index < -0.39 is 0 Å². The van der Waals surface area contributed by atoms with Gasteiger partial charge < -0.3 is 14.8 Å². The fourth-order valence-electron chi connectivity index (χ4n) is 1.05. The van der Waals surface area contributed by atoms with Crippen LogP contribution in [0.25, 0.3) is 0 Å². The van der Waals surface area contributed by atoms with Crippen LogP contribution in [0.1, 0.15) is 26.2 Å². The summed E-state index contributed by atoms with van der Waals surface area (Å²) in [5.41, 5.74) is 0. The van der Waals surface area contributed by atoms with Gasteiger partial charge in [0.2, 0.25) is 0 Å². The summed E-state index contributed by atoms with van der Waals surface area (Å²) in [4.78, 5) is 22.1. The third-order valence-corrected chi connectivity index (χ3v) is 1.86. The van der Waals surface area contributed by atoms with Gasteiger partial charge in [-0.1, -0.05) is 6.92 Å². The van der Waals surface area contributed by atoms with E-state index in [0.29, 0.717) is 19.4 Å². The molecule has 0 rings (SSSR count). The lowest BCUT2D eigenvalue weighted by Gasteiger charge is -2.05. The minimum absolute atomic E-state index is 0.0870. The van der Waals surface area contributed by atoms with Crippen LogP contribution in [0.4, 0.5) is 0 Å². The maximum absolute atomic E-state index is 11.0. The molecule has 5 heteroatoms. The highest BCUT2D eigenvalue weighted by Gasteiger charge is 2.02. The van der Waals surface area contributed by atoms with Crippen LogP contribution in [0.2, 0.25) is 0 Å². The summed E-state index contributed by atoms with van der Waals surface area (Å²) in [5.74, 6) is -0.165. The predicted octanol–water partition coefficient (Wildman–Crippen LogP) is 0.525. The minimum Gasteiger partial charge on any atom is -0.463 e. The van der Waals surface area contributed by atoms with E-state index in [2.05, 4.69) is 5.32 Å². The van der Waals surface area contributed by atoms with E-state index in [1.807, 2.05) is 6.92 Å². The number of hydrogen-bond acceptors (Lipinski definition) is 5. The largest absolute Gasteiger partial charge is 0.463 e.